The topological polar surface area (TPSA) is 51.6 Å². The number of rotatable bonds is 3. The minimum absolute atomic E-state index is 0.100. The molecule has 1 N–H and O–H groups in total. The fraction of sp³-hybridized carbons (Fsp3) is 0.533. The van der Waals surface area contributed by atoms with Crippen molar-refractivity contribution in [2.24, 2.45) is 0 Å². The zero-order valence-electron chi connectivity index (χ0n) is 13.7. The van der Waals surface area contributed by atoms with Gasteiger partial charge >= 0.3 is 13.3 Å². The molecular formula is C15H18BClF3NO3. The summed E-state index contributed by atoms with van der Waals surface area (Å²) in [5, 5.41) is 9.41. The van der Waals surface area contributed by atoms with Crippen molar-refractivity contribution in [1.29, 1.82) is 0 Å². The molecule has 0 radical (unpaired) electrons. The second-order valence-electron chi connectivity index (χ2n) is 6.55. The van der Waals surface area contributed by atoms with Gasteiger partial charge in [-0.2, -0.15) is 13.2 Å². The van der Waals surface area contributed by atoms with Crippen molar-refractivity contribution in [3.8, 4) is 0 Å². The van der Waals surface area contributed by atoms with E-state index in [1.54, 1.807) is 0 Å². The number of alkyl halides is 3. The number of hydrogen-bond acceptors (Lipinski definition) is 4. The molecule has 0 atom stereocenters. The van der Waals surface area contributed by atoms with Crippen LogP contribution in [0.3, 0.4) is 0 Å². The van der Waals surface area contributed by atoms with Gasteiger partial charge in [0, 0.05) is 6.20 Å². The van der Waals surface area contributed by atoms with Crippen LogP contribution < -0.4 is 0 Å². The fourth-order valence-electron chi connectivity index (χ4n) is 2.07. The maximum absolute atomic E-state index is 12.7. The van der Waals surface area contributed by atoms with Crippen molar-refractivity contribution in [1.82, 2.24) is 4.98 Å². The Labute approximate surface area is 143 Å². The highest BCUT2D eigenvalue weighted by Gasteiger charge is 2.52. The molecule has 9 heteroatoms. The first-order valence-electron chi connectivity index (χ1n) is 7.27. The summed E-state index contributed by atoms with van der Waals surface area (Å²) in [4.78, 5) is 3.73. The molecule has 1 aromatic rings. The van der Waals surface area contributed by atoms with Gasteiger partial charge in [0.05, 0.1) is 34.1 Å². The Morgan fingerprint density at radius 2 is 1.83 bits per heavy atom. The van der Waals surface area contributed by atoms with Crippen LogP contribution in [0.1, 0.15) is 39.0 Å². The van der Waals surface area contributed by atoms with Crippen LogP contribution in [0.25, 0.3) is 6.08 Å². The van der Waals surface area contributed by atoms with E-state index < -0.39 is 36.7 Å². The third kappa shape index (κ3) is 3.77. The van der Waals surface area contributed by atoms with Crippen molar-refractivity contribution in [3.63, 3.8) is 0 Å². The number of halogens is 4. The molecule has 0 unspecified atom stereocenters. The summed E-state index contributed by atoms with van der Waals surface area (Å²) < 4.78 is 49.6. The molecular weight excluding hydrogens is 345 g/mol. The molecule has 0 spiro atoms. The van der Waals surface area contributed by atoms with Gasteiger partial charge in [-0.25, -0.2) is 0 Å². The molecule has 132 valence electrons. The molecule has 24 heavy (non-hydrogen) atoms. The standard InChI is InChI=1S/C15H18BClF3NO3/c1-13(2)14(3,4)24-16(23-13)10(8-22)6-12-11(17)5-9(7-21-12)15(18,19)20/h5-7,22H,8H2,1-4H3. The molecule has 1 fully saturated rings. The van der Waals surface area contributed by atoms with Crippen molar-refractivity contribution >= 4 is 24.8 Å². The average molecular weight is 364 g/mol. The second kappa shape index (κ2) is 6.33. The van der Waals surface area contributed by atoms with Crippen molar-refractivity contribution in [2.75, 3.05) is 6.61 Å². The predicted octanol–water partition coefficient (Wildman–Crippen LogP) is 3.76. The van der Waals surface area contributed by atoms with Crippen LogP contribution in [0, 0.1) is 0 Å². The molecule has 0 aliphatic carbocycles. The first-order valence-corrected chi connectivity index (χ1v) is 7.65. The largest absolute Gasteiger partial charge is 0.492 e. The monoisotopic (exact) mass is 363 g/mol. The van der Waals surface area contributed by atoms with Crippen molar-refractivity contribution < 1.29 is 27.6 Å². The van der Waals surface area contributed by atoms with Crippen LogP contribution in [0.4, 0.5) is 13.2 Å². The van der Waals surface area contributed by atoms with E-state index in [2.05, 4.69) is 4.98 Å². The molecule has 1 aliphatic rings. The smallest absolute Gasteiger partial charge is 0.400 e. The van der Waals surface area contributed by atoms with E-state index in [0.29, 0.717) is 11.7 Å². The summed E-state index contributed by atoms with van der Waals surface area (Å²) >= 11 is 5.88. The molecule has 1 saturated heterocycles. The minimum atomic E-state index is -4.52. The van der Waals surface area contributed by atoms with E-state index in [4.69, 9.17) is 20.9 Å². The SMILES string of the molecule is CC1(C)OB(C(=Cc2ncc(C(F)(F)F)cc2Cl)CO)OC1(C)C. The predicted molar refractivity (Wildman–Crippen MR) is 85.4 cm³/mol. The van der Waals surface area contributed by atoms with Gasteiger partial charge in [0.1, 0.15) is 0 Å². The van der Waals surface area contributed by atoms with Gasteiger partial charge in [0.2, 0.25) is 0 Å². The lowest BCUT2D eigenvalue weighted by Gasteiger charge is -2.32. The first kappa shape index (κ1) is 19.2. The second-order valence-corrected chi connectivity index (χ2v) is 6.96. The van der Waals surface area contributed by atoms with Gasteiger partial charge in [0.25, 0.3) is 0 Å². The Morgan fingerprint density at radius 3 is 2.25 bits per heavy atom. The van der Waals surface area contributed by atoms with E-state index in [0.717, 1.165) is 6.07 Å². The molecule has 1 aromatic heterocycles. The lowest BCUT2D eigenvalue weighted by atomic mass is 9.78. The molecule has 4 nitrogen and oxygen atoms in total. The van der Waals surface area contributed by atoms with Crippen LogP contribution in [0.2, 0.25) is 5.02 Å². The third-order valence-corrected chi connectivity index (χ3v) is 4.56. The summed E-state index contributed by atoms with van der Waals surface area (Å²) in [7, 11) is -0.833. The number of aromatic nitrogens is 1. The van der Waals surface area contributed by atoms with Gasteiger partial charge in [-0.3, -0.25) is 4.98 Å². The van der Waals surface area contributed by atoms with Crippen molar-refractivity contribution in [2.45, 2.75) is 45.1 Å². The van der Waals surface area contributed by atoms with Crippen LogP contribution in [0.15, 0.2) is 17.7 Å². The maximum Gasteiger partial charge on any atom is 0.492 e. The summed E-state index contributed by atoms with van der Waals surface area (Å²) in [6, 6.07) is 0.791. The highest BCUT2D eigenvalue weighted by molar-refractivity contribution is 6.56. The van der Waals surface area contributed by atoms with Gasteiger partial charge in [-0.05, 0) is 45.3 Å². The Bertz CT molecular complexity index is 646. The number of pyridine rings is 1. The minimum Gasteiger partial charge on any atom is -0.400 e. The van der Waals surface area contributed by atoms with E-state index >= 15 is 0 Å². The van der Waals surface area contributed by atoms with E-state index in [1.807, 2.05) is 27.7 Å². The van der Waals surface area contributed by atoms with Crippen LogP contribution in [0.5, 0.6) is 0 Å². The summed E-state index contributed by atoms with van der Waals surface area (Å²) in [5.41, 5.74) is -1.73. The van der Waals surface area contributed by atoms with E-state index in [-0.39, 0.29) is 10.7 Å². The van der Waals surface area contributed by atoms with Crippen LogP contribution in [-0.2, 0) is 15.5 Å². The van der Waals surface area contributed by atoms with Crippen molar-refractivity contribution in [3.05, 3.63) is 34.0 Å². The molecule has 0 saturated carbocycles. The molecule has 0 amide bonds. The Balaban J connectivity index is 2.32. The molecule has 0 bridgehead atoms. The number of nitrogens with zero attached hydrogens (tertiary/aromatic N) is 1. The highest BCUT2D eigenvalue weighted by atomic mass is 35.5. The Kier molecular flexibility index (Phi) is 5.08. The summed E-state index contributed by atoms with van der Waals surface area (Å²) in [5.74, 6) is 0. The Morgan fingerprint density at radius 1 is 1.29 bits per heavy atom. The zero-order valence-corrected chi connectivity index (χ0v) is 14.5. The number of hydrogen-bond donors (Lipinski definition) is 1. The quantitative estimate of drug-likeness (QED) is 0.831. The van der Waals surface area contributed by atoms with Crippen LogP contribution in [-0.4, -0.2) is 35.0 Å². The maximum atomic E-state index is 12.7. The normalized spacial score (nSPS) is 20.5. The van der Waals surface area contributed by atoms with Gasteiger partial charge < -0.3 is 14.4 Å². The molecule has 1 aliphatic heterocycles. The van der Waals surface area contributed by atoms with Gasteiger partial charge in [-0.1, -0.05) is 11.6 Å². The Hall–Kier alpha value is -1.09. The summed E-state index contributed by atoms with van der Waals surface area (Å²) in [6.07, 6.45) is -2.45. The molecule has 2 rings (SSSR count). The number of aliphatic hydroxyl groups excluding tert-OH is 1. The van der Waals surface area contributed by atoms with Crippen LogP contribution >= 0.6 is 11.6 Å². The lowest BCUT2D eigenvalue weighted by molar-refractivity contribution is -0.137. The lowest BCUT2D eigenvalue weighted by Crippen LogP contribution is -2.41. The van der Waals surface area contributed by atoms with E-state index in [1.165, 1.54) is 6.08 Å². The fourth-order valence-corrected chi connectivity index (χ4v) is 2.29. The number of aliphatic hydroxyl groups is 1. The highest BCUT2D eigenvalue weighted by Crippen LogP contribution is 2.39. The molecule has 0 aromatic carbocycles. The van der Waals surface area contributed by atoms with E-state index in [9.17, 15) is 18.3 Å². The first-order chi connectivity index (χ1) is 10.9. The third-order valence-electron chi connectivity index (χ3n) is 4.26. The zero-order chi connectivity index (χ0) is 18.3. The van der Waals surface area contributed by atoms with Gasteiger partial charge in [-0.15, -0.1) is 0 Å². The van der Waals surface area contributed by atoms with Gasteiger partial charge in [0.15, 0.2) is 0 Å². The average Bonchev–Trinajstić information content (AvgIpc) is 2.64. The molecule has 2 heterocycles. The summed E-state index contributed by atoms with van der Waals surface area (Å²) in [6.45, 7) is 7.00.